The number of carboxylic acids is 1. The van der Waals surface area contributed by atoms with Gasteiger partial charge in [0.2, 0.25) is 0 Å². The Bertz CT molecular complexity index is 931. The maximum Gasteiger partial charge on any atom is 0.416 e. The predicted molar refractivity (Wildman–Crippen MR) is 122 cm³/mol. The molecule has 3 atom stereocenters. The van der Waals surface area contributed by atoms with E-state index in [4.69, 9.17) is 0 Å². The average Bonchev–Trinajstić information content (AvgIpc) is 3.32. The zero-order chi connectivity index (χ0) is 24.1. The molecule has 0 radical (unpaired) electrons. The smallest absolute Gasteiger partial charge is 0.416 e. The number of benzene rings is 1. The van der Waals surface area contributed by atoms with E-state index >= 15 is 0 Å². The number of nitrogens with zero attached hydrogens (tertiary/aromatic N) is 3. The number of aliphatic carboxylic acids is 1. The number of aromatic nitrogens is 2. The molecule has 2 unspecified atom stereocenters. The van der Waals surface area contributed by atoms with Crippen LogP contribution in [0.25, 0.3) is 0 Å². The number of alkyl halides is 3. The molecule has 2 aliphatic carbocycles. The minimum absolute atomic E-state index is 0.0218. The Balaban J connectivity index is 1.62. The van der Waals surface area contributed by atoms with Gasteiger partial charge in [-0.3, -0.25) is 9.69 Å². The zero-order valence-electron chi connectivity index (χ0n) is 19.3. The molecule has 0 amide bonds. The summed E-state index contributed by atoms with van der Waals surface area (Å²) in [5.74, 6) is -0.214. The number of halogens is 3. The molecule has 2 aliphatic rings. The molecule has 34 heavy (non-hydrogen) atoms. The van der Waals surface area contributed by atoms with Gasteiger partial charge in [-0.25, -0.2) is 9.97 Å². The lowest BCUT2D eigenvalue weighted by Crippen LogP contribution is -2.44. The molecule has 1 aromatic carbocycles. The summed E-state index contributed by atoms with van der Waals surface area (Å²) in [6.07, 6.45) is 8.02. The highest BCUT2D eigenvalue weighted by molar-refractivity contribution is 5.67. The lowest BCUT2D eigenvalue weighted by molar-refractivity contribution is -0.139. The molecule has 2 fully saturated rings. The first-order valence-corrected chi connectivity index (χ1v) is 12.2. The van der Waals surface area contributed by atoms with Crippen molar-refractivity contribution in [2.24, 2.45) is 11.8 Å². The van der Waals surface area contributed by atoms with Crippen molar-refractivity contribution >= 4 is 5.97 Å². The number of hydrogen-bond acceptors (Lipinski definition) is 4. The van der Waals surface area contributed by atoms with Crippen LogP contribution in [-0.2, 0) is 17.5 Å². The van der Waals surface area contributed by atoms with Crippen LogP contribution in [-0.4, -0.2) is 38.5 Å². The van der Waals surface area contributed by atoms with E-state index < -0.39 is 17.7 Å². The highest BCUT2D eigenvalue weighted by Gasteiger charge is 2.38. The quantitative estimate of drug-likeness (QED) is 0.514. The third-order valence-electron chi connectivity index (χ3n) is 7.49. The number of hydrogen-bond donors (Lipinski definition) is 1. The van der Waals surface area contributed by atoms with Crippen molar-refractivity contribution in [1.29, 1.82) is 0 Å². The SMILES string of the molecule is O=C(O)CC1CC[C@@H](N(Cc2cncnc2)CC2CCCC2)C(c2ccc(C(F)(F)F)cc2)C1. The molecule has 184 valence electrons. The summed E-state index contributed by atoms with van der Waals surface area (Å²) >= 11 is 0. The Morgan fingerprint density at radius 1 is 1.00 bits per heavy atom. The second kappa shape index (κ2) is 10.8. The molecule has 2 saturated carbocycles. The summed E-state index contributed by atoms with van der Waals surface area (Å²) in [6.45, 7) is 1.61. The first-order chi connectivity index (χ1) is 16.3. The monoisotopic (exact) mass is 475 g/mol. The third-order valence-corrected chi connectivity index (χ3v) is 7.49. The van der Waals surface area contributed by atoms with Crippen LogP contribution in [0.5, 0.6) is 0 Å². The van der Waals surface area contributed by atoms with Gasteiger partial charge < -0.3 is 5.11 Å². The first kappa shape index (κ1) is 24.6. The van der Waals surface area contributed by atoms with E-state index in [2.05, 4.69) is 14.9 Å². The molecule has 1 aromatic heterocycles. The third kappa shape index (κ3) is 6.34. The molecule has 0 saturated heterocycles. The van der Waals surface area contributed by atoms with Gasteiger partial charge in [0.15, 0.2) is 0 Å². The maximum absolute atomic E-state index is 13.2. The van der Waals surface area contributed by atoms with Crippen molar-refractivity contribution in [2.75, 3.05) is 6.54 Å². The van der Waals surface area contributed by atoms with Gasteiger partial charge in [0.25, 0.3) is 0 Å². The van der Waals surface area contributed by atoms with E-state index in [0.717, 1.165) is 42.6 Å². The van der Waals surface area contributed by atoms with Gasteiger partial charge in [-0.05, 0) is 67.6 Å². The lowest BCUT2D eigenvalue weighted by Gasteiger charge is -2.43. The molecule has 4 rings (SSSR count). The Morgan fingerprint density at radius 2 is 1.68 bits per heavy atom. The van der Waals surface area contributed by atoms with E-state index in [0.29, 0.717) is 18.9 Å². The van der Waals surface area contributed by atoms with Gasteiger partial charge in [-0.2, -0.15) is 13.2 Å². The molecule has 2 aromatic rings. The van der Waals surface area contributed by atoms with Gasteiger partial charge in [-0.15, -0.1) is 0 Å². The molecule has 1 heterocycles. The molecule has 1 N–H and O–H groups in total. The van der Waals surface area contributed by atoms with Gasteiger partial charge >= 0.3 is 12.1 Å². The van der Waals surface area contributed by atoms with Crippen molar-refractivity contribution in [3.8, 4) is 0 Å². The maximum atomic E-state index is 13.2. The molecule has 8 heteroatoms. The van der Waals surface area contributed by atoms with Crippen LogP contribution in [0.3, 0.4) is 0 Å². The van der Waals surface area contributed by atoms with Crippen molar-refractivity contribution in [1.82, 2.24) is 14.9 Å². The van der Waals surface area contributed by atoms with Crippen LogP contribution in [0.2, 0.25) is 0 Å². The van der Waals surface area contributed by atoms with Crippen LogP contribution in [0.15, 0.2) is 43.0 Å². The van der Waals surface area contributed by atoms with Crippen molar-refractivity contribution in [2.45, 2.75) is 76.0 Å². The summed E-state index contributed by atoms with van der Waals surface area (Å²) in [4.78, 5) is 22.2. The van der Waals surface area contributed by atoms with Crippen molar-refractivity contribution in [3.63, 3.8) is 0 Å². The molecule has 0 aliphatic heterocycles. The topological polar surface area (TPSA) is 66.3 Å². The summed E-state index contributed by atoms with van der Waals surface area (Å²) in [6, 6.07) is 5.60. The number of carboxylic acid groups (broad SMARTS) is 1. The molecular formula is C26H32F3N3O2. The highest BCUT2D eigenvalue weighted by Crippen LogP contribution is 2.42. The predicted octanol–water partition coefficient (Wildman–Crippen LogP) is 5.91. The molecular weight excluding hydrogens is 443 g/mol. The van der Waals surface area contributed by atoms with Crippen LogP contribution in [0.4, 0.5) is 13.2 Å². The van der Waals surface area contributed by atoms with Gasteiger partial charge in [0.1, 0.15) is 6.33 Å². The fraction of sp³-hybridized carbons (Fsp3) is 0.577. The number of carbonyl (C=O) groups is 1. The van der Waals surface area contributed by atoms with E-state index in [-0.39, 0.29) is 24.3 Å². The van der Waals surface area contributed by atoms with Crippen molar-refractivity contribution in [3.05, 3.63) is 59.7 Å². The molecule has 5 nitrogen and oxygen atoms in total. The molecule has 0 bridgehead atoms. The van der Waals surface area contributed by atoms with Gasteiger partial charge in [0.05, 0.1) is 5.56 Å². The molecule has 0 spiro atoms. The number of rotatable bonds is 8. The Morgan fingerprint density at radius 3 is 2.29 bits per heavy atom. The minimum atomic E-state index is -4.38. The van der Waals surface area contributed by atoms with Crippen LogP contribution >= 0.6 is 0 Å². The fourth-order valence-electron chi connectivity index (χ4n) is 5.88. The van der Waals surface area contributed by atoms with E-state index in [1.165, 1.54) is 32.0 Å². The van der Waals surface area contributed by atoms with Gasteiger partial charge in [0, 0.05) is 43.5 Å². The highest BCUT2D eigenvalue weighted by atomic mass is 19.4. The minimum Gasteiger partial charge on any atom is -0.481 e. The first-order valence-electron chi connectivity index (χ1n) is 12.2. The Kier molecular flexibility index (Phi) is 7.86. The van der Waals surface area contributed by atoms with Gasteiger partial charge in [-0.1, -0.05) is 25.0 Å². The Hall–Kier alpha value is -2.48. The standard InChI is InChI=1S/C26H32F3N3O2/c27-26(28,29)22-8-6-21(7-9-22)23-11-19(12-25(33)34)5-10-24(23)32(15-18-3-1-2-4-18)16-20-13-30-17-31-14-20/h6-9,13-14,17-19,23-24H,1-5,10-12,15-16H2,(H,33,34)/t19?,23?,24-/m1/s1. The van der Waals surface area contributed by atoms with E-state index in [9.17, 15) is 23.1 Å². The summed E-state index contributed by atoms with van der Waals surface area (Å²) in [5.41, 5.74) is 1.21. The Labute approximate surface area is 198 Å². The largest absolute Gasteiger partial charge is 0.481 e. The van der Waals surface area contributed by atoms with Crippen LogP contribution in [0.1, 0.15) is 74.0 Å². The van der Waals surface area contributed by atoms with Crippen LogP contribution < -0.4 is 0 Å². The lowest BCUT2D eigenvalue weighted by atomic mass is 9.72. The van der Waals surface area contributed by atoms with E-state index in [1.807, 2.05) is 12.4 Å². The van der Waals surface area contributed by atoms with Crippen LogP contribution in [0, 0.1) is 11.8 Å². The zero-order valence-corrected chi connectivity index (χ0v) is 19.3. The summed E-state index contributed by atoms with van der Waals surface area (Å²) < 4.78 is 39.5. The van der Waals surface area contributed by atoms with Crippen molar-refractivity contribution < 1.29 is 23.1 Å². The average molecular weight is 476 g/mol. The normalized spacial score (nSPS) is 23.9. The second-order valence-electron chi connectivity index (χ2n) is 9.90. The van der Waals surface area contributed by atoms with E-state index in [1.54, 1.807) is 12.1 Å². The second-order valence-corrected chi connectivity index (χ2v) is 9.90. The summed E-state index contributed by atoms with van der Waals surface area (Å²) in [5, 5.41) is 9.36. The summed E-state index contributed by atoms with van der Waals surface area (Å²) in [7, 11) is 0. The fourth-order valence-corrected chi connectivity index (χ4v) is 5.88.